The van der Waals surface area contributed by atoms with E-state index in [1.165, 1.54) is 24.3 Å². The lowest BCUT2D eigenvalue weighted by Gasteiger charge is -2.25. The van der Waals surface area contributed by atoms with E-state index in [-0.39, 0.29) is 30.2 Å². The number of carbonyl (C=O) groups excluding carboxylic acids is 1. The van der Waals surface area contributed by atoms with Crippen LogP contribution in [0.3, 0.4) is 0 Å². The lowest BCUT2D eigenvalue weighted by Crippen LogP contribution is -2.24. The van der Waals surface area contributed by atoms with Crippen LogP contribution < -0.4 is 16.0 Å². The van der Waals surface area contributed by atoms with Gasteiger partial charge in [-0.05, 0) is 43.7 Å². The fourth-order valence-corrected chi connectivity index (χ4v) is 2.60. The number of benzene rings is 2. The Kier molecular flexibility index (Phi) is 6.71. The second-order valence-electron chi connectivity index (χ2n) is 5.91. The Morgan fingerprint density at radius 3 is 2.32 bits per heavy atom. The molecule has 5 nitrogen and oxygen atoms in total. The summed E-state index contributed by atoms with van der Waals surface area (Å²) in [6.45, 7) is 4.15. The number of carbonyl (C=O) groups is 1. The summed E-state index contributed by atoms with van der Waals surface area (Å²) in [6, 6.07) is 7.56. The van der Waals surface area contributed by atoms with Crippen molar-refractivity contribution in [3.63, 3.8) is 0 Å². The van der Waals surface area contributed by atoms with E-state index < -0.39 is 23.7 Å². The smallest absolute Gasteiger partial charge is 0.416 e. The van der Waals surface area contributed by atoms with Crippen molar-refractivity contribution >= 4 is 23.2 Å². The summed E-state index contributed by atoms with van der Waals surface area (Å²) in [6.07, 6.45) is -5.16. The van der Waals surface area contributed by atoms with Crippen molar-refractivity contribution in [3.05, 3.63) is 53.3 Å². The predicted octanol–water partition coefficient (Wildman–Crippen LogP) is 5.02. The maximum Gasteiger partial charge on any atom is 0.416 e. The number of anilines is 3. The molecule has 2 aromatic carbocycles. The minimum atomic E-state index is -4.41. The third-order valence-corrected chi connectivity index (χ3v) is 4.05. The summed E-state index contributed by atoms with van der Waals surface area (Å²) in [7, 11) is 0. The molecule has 0 saturated carbocycles. The molecular weight excluding hydrogens is 378 g/mol. The number of nitrogens with two attached hydrogens (primary N) is 1. The standard InChI is InChI=1S/C19H21F4N3O2/c1-3-26(11-12-5-7-13(8-6-12)19(21,22)23)15-10-9-14(17(24)16(15)20)25-18(27)28-4-2/h5-10H,3-4,11,24H2,1-2H3,(H,25,27). The summed E-state index contributed by atoms with van der Waals surface area (Å²) < 4.78 is 57.5. The minimum absolute atomic E-state index is 0.0743. The van der Waals surface area contributed by atoms with E-state index in [1.54, 1.807) is 18.7 Å². The Bertz CT molecular complexity index is 823. The number of ether oxygens (including phenoxy) is 1. The van der Waals surface area contributed by atoms with Gasteiger partial charge in [0.05, 0.1) is 29.2 Å². The molecule has 2 aromatic rings. The molecule has 0 aliphatic carbocycles. The summed E-state index contributed by atoms with van der Waals surface area (Å²) in [5.74, 6) is -0.733. The van der Waals surface area contributed by atoms with Gasteiger partial charge in [-0.1, -0.05) is 12.1 Å². The highest BCUT2D eigenvalue weighted by Crippen LogP contribution is 2.32. The fourth-order valence-electron chi connectivity index (χ4n) is 2.60. The van der Waals surface area contributed by atoms with Crippen LogP contribution in [0, 0.1) is 5.82 Å². The van der Waals surface area contributed by atoms with Gasteiger partial charge in [-0.2, -0.15) is 13.2 Å². The SMILES string of the molecule is CCOC(=O)Nc1ccc(N(CC)Cc2ccc(C(F)(F)F)cc2)c(F)c1N. The van der Waals surface area contributed by atoms with Gasteiger partial charge in [0.2, 0.25) is 0 Å². The van der Waals surface area contributed by atoms with E-state index in [4.69, 9.17) is 10.5 Å². The van der Waals surface area contributed by atoms with Crippen molar-refractivity contribution in [1.82, 2.24) is 0 Å². The van der Waals surface area contributed by atoms with Crippen molar-refractivity contribution in [2.75, 3.05) is 29.1 Å². The van der Waals surface area contributed by atoms with Crippen LogP contribution in [-0.2, 0) is 17.5 Å². The van der Waals surface area contributed by atoms with Gasteiger partial charge in [0.1, 0.15) is 0 Å². The molecule has 0 heterocycles. The van der Waals surface area contributed by atoms with Crippen LogP contribution >= 0.6 is 0 Å². The molecule has 2 rings (SSSR count). The zero-order valence-electron chi connectivity index (χ0n) is 15.4. The molecule has 3 N–H and O–H groups in total. The highest BCUT2D eigenvalue weighted by molar-refractivity contribution is 5.90. The van der Waals surface area contributed by atoms with Gasteiger partial charge in [-0.3, -0.25) is 5.32 Å². The van der Waals surface area contributed by atoms with Crippen molar-refractivity contribution < 1.29 is 27.1 Å². The number of nitrogens with one attached hydrogen (secondary N) is 1. The Morgan fingerprint density at radius 1 is 1.14 bits per heavy atom. The highest BCUT2D eigenvalue weighted by Gasteiger charge is 2.30. The topological polar surface area (TPSA) is 67.6 Å². The third kappa shape index (κ3) is 5.05. The Labute approximate surface area is 160 Å². The molecule has 152 valence electrons. The van der Waals surface area contributed by atoms with E-state index in [0.717, 1.165) is 12.1 Å². The van der Waals surface area contributed by atoms with Crippen LogP contribution in [-0.4, -0.2) is 19.2 Å². The predicted molar refractivity (Wildman–Crippen MR) is 99.6 cm³/mol. The largest absolute Gasteiger partial charge is 0.450 e. The van der Waals surface area contributed by atoms with E-state index in [1.807, 2.05) is 0 Å². The van der Waals surface area contributed by atoms with Gasteiger partial charge in [-0.25, -0.2) is 9.18 Å². The lowest BCUT2D eigenvalue weighted by molar-refractivity contribution is -0.137. The van der Waals surface area contributed by atoms with E-state index in [0.29, 0.717) is 12.1 Å². The molecule has 1 amide bonds. The molecule has 9 heteroatoms. The van der Waals surface area contributed by atoms with Crippen molar-refractivity contribution in [2.45, 2.75) is 26.6 Å². The molecule has 0 spiro atoms. The first-order valence-electron chi connectivity index (χ1n) is 8.60. The number of halogens is 4. The second-order valence-corrected chi connectivity index (χ2v) is 5.91. The molecule has 28 heavy (non-hydrogen) atoms. The number of nitrogen functional groups attached to an aromatic ring is 1. The molecule has 0 bridgehead atoms. The van der Waals surface area contributed by atoms with Gasteiger partial charge in [-0.15, -0.1) is 0 Å². The molecular formula is C19H21F4N3O2. The number of hydrogen-bond donors (Lipinski definition) is 2. The zero-order valence-corrected chi connectivity index (χ0v) is 15.4. The molecule has 0 saturated heterocycles. The average molecular weight is 399 g/mol. The van der Waals surface area contributed by atoms with Gasteiger partial charge in [0.25, 0.3) is 0 Å². The molecule has 0 aliphatic rings. The number of rotatable bonds is 6. The summed E-state index contributed by atoms with van der Waals surface area (Å²) >= 11 is 0. The minimum Gasteiger partial charge on any atom is -0.450 e. The molecule has 0 aromatic heterocycles. The normalized spacial score (nSPS) is 11.2. The first kappa shape index (κ1) is 21.3. The van der Waals surface area contributed by atoms with Crippen LogP contribution in [0.1, 0.15) is 25.0 Å². The van der Waals surface area contributed by atoms with Crippen molar-refractivity contribution in [2.24, 2.45) is 0 Å². The van der Waals surface area contributed by atoms with Crippen LogP contribution in [0.2, 0.25) is 0 Å². The first-order chi connectivity index (χ1) is 13.2. The number of alkyl halides is 3. The van der Waals surface area contributed by atoms with E-state index in [2.05, 4.69) is 5.32 Å². The van der Waals surface area contributed by atoms with Crippen molar-refractivity contribution in [1.29, 1.82) is 0 Å². The van der Waals surface area contributed by atoms with Crippen LogP contribution in [0.15, 0.2) is 36.4 Å². The molecule has 0 radical (unpaired) electrons. The first-order valence-corrected chi connectivity index (χ1v) is 8.60. The van der Waals surface area contributed by atoms with E-state index >= 15 is 0 Å². The summed E-state index contributed by atoms with van der Waals surface area (Å²) in [4.78, 5) is 13.1. The monoisotopic (exact) mass is 399 g/mol. The quantitative estimate of drug-likeness (QED) is 0.529. The number of hydrogen-bond acceptors (Lipinski definition) is 4. The maximum absolute atomic E-state index is 14.8. The van der Waals surface area contributed by atoms with Gasteiger partial charge in [0, 0.05) is 13.1 Å². The number of amides is 1. The second kappa shape index (κ2) is 8.81. The average Bonchev–Trinajstić information content (AvgIpc) is 2.64. The zero-order chi connectivity index (χ0) is 20.9. The fraction of sp³-hybridized carbons (Fsp3) is 0.316. The number of nitrogens with zero attached hydrogens (tertiary/aromatic N) is 1. The molecule has 0 unspecified atom stereocenters. The molecule has 0 aliphatic heterocycles. The lowest BCUT2D eigenvalue weighted by atomic mass is 10.1. The molecule has 0 atom stereocenters. The van der Waals surface area contributed by atoms with Gasteiger partial charge in [0.15, 0.2) is 5.82 Å². The summed E-state index contributed by atoms with van der Waals surface area (Å²) in [5.41, 5.74) is 5.62. The van der Waals surface area contributed by atoms with Crippen LogP contribution in [0.5, 0.6) is 0 Å². The Balaban J connectivity index is 2.22. The Morgan fingerprint density at radius 2 is 1.79 bits per heavy atom. The Hall–Kier alpha value is -2.97. The van der Waals surface area contributed by atoms with Crippen molar-refractivity contribution in [3.8, 4) is 0 Å². The van der Waals surface area contributed by atoms with Gasteiger partial charge >= 0.3 is 12.3 Å². The van der Waals surface area contributed by atoms with Gasteiger partial charge < -0.3 is 15.4 Å². The third-order valence-electron chi connectivity index (χ3n) is 4.05. The van der Waals surface area contributed by atoms with Crippen LogP contribution in [0.4, 0.5) is 39.4 Å². The van der Waals surface area contributed by atoms with Crippen LogP contribution in [0.25, 0.3) is 0 Å². The van der Waals surface area contributed by atoms with E-state index in [9.17, 15) is 22.4 Å². The molecule has 0 fully saturated rings. The highest BCUT2D eigenvalue weighted by atomic mass is 19.4. The summed E-state index contributed by atoms with van der Waals surface area (Å²) in [5, 5.41) is 2.35. The maximum atomic E-state index is 14.8.